The Kier molecular flexibility index (Phi) is 4.60. The summed E-state index contributed by atoms with van der Waals surface area (Å²) in [6.07, 6.45) is 7.29. The van der Waals surface area contributed by atoms with Crippen LogP contribution in [0.15, 0.2) is 18.2 Å². The fraction of sp³-hybridized carbons (Fsp3) is 0.667. The van der Waals surface area contributed by atoms with E-state index in [1.165, 1.54) is 6.42 Å². The molecule has 1 aromatic rings. The average molecular weight is 370 g/mol. The van der Waals surface area contributed by atoms with Crippen molar-refractivity contribution in [3.63, 3.8) is 0 Å². The van der Waals surface area contributed by atoms with Gasteiger partial charge in [0.15, 0.2) is 0 Å². The average Bonchev–Trinajstić information content (AvgIpc) is 2.72. The van der Waals surface area contributed by atoms with E-state index in [4.69, 9.17) is 0 Å². The first kappa shape index (κ1) is 18.3. The Balaban J connectivity index is 1.59. The Morgan fingerprint density at radius 1 is 1.26 bits per heavy atom. The number of urea groups is 1. The molecule has 4 rings (SSSR count). The lowest BCUT2D eigenvalue weighted by molar-refractivity contribution is 0.0856. The molecule has 0 aromatic carbocycles. The van der Waals surface area contributed by atoms with Gasteiger partial charge in [-0.25, -0.2) is 9.78 Å². The fourth-order valence-electron chi connectivity index (χ4n) is 5.97. The zero-order valence-corrected chi connectivity index (χ0v) is 16.3. The van der Waals surface area contributed by atoms with Crippen molar-refractivity contribution in [3.8, 4) is 0 Å². The van der Waals surface area contributed by atoms with Gasteiger partial charge in [0.25, 0.3) is 5.91 Å². The molecule has 4 atom stereocenters. The van der Waals surface area contributed by atoms with Gasteiger partial charge in [-0.3, -0.25) is 4.79 Å². The van der Waals surface area contributed by atoms with Crippen LogP contribution in [0.3, 0.4) is 0 Å². The quantitative estimate of drug-likeness (QED) is 0.762. The van der Waals surface area contributed by atoms with Crippen LogP contribution in [0.1, 0.15) is 68.1 Å². The number of aryl methyl sites for hydroxylation is 1. The molecule has 3 amide bonds. The Labute approximate surface area is 160 Å². The van der Waals surface area contributed by atoms with Gasteiger partial charge >= 0.3 is 6.03 Å². The smallest absolute Gasteiger partial charge is 0.315 e. The van der Waals surface area contributed by atoms with Crippen molar-refractivity contribution in [2.45, 2.75) is 69.9 Å². The number of rotatable bonds is 4. The molecule has 3 bridgehead atoms. The Bertz CT molecular complexity index is 751. The van der Waals surface area contributed by atoms with Gasteiger partial charge in [-0.15, -0.1) is 0 Å². The van der Waals surface area contributed by atoms with Crippen molar-refractivity contribution in [2.75, 3.05) is 6.54 Å². The van der Waals surface area contributed by atoms with Crippen LogP contribution in [-0.2, 0) is 0 Å². The second kappa shape index (κ2) is 6.80. The van der Waals surface area contributed by atoms with E-state index in [2.05, 4.69) is 20.9 Å². The molecule has 27 heavy (non-hydrogen) atoms. The van der Waals surface area contributed by atoms with Crippen molar-refractivity contribution < 1.29 is 9.59 Å². The predicted octanol–water partition coefficient (Wildman–Crippen LogP) is 2.92. The lowest BCUT2D eigenvalue weighted by Gasteiger charge is -2.38. The predicted molar refractivity (Wildman–Crippen MR) is 103 cm³/mol. The molecule has 146 valence electrons. The SMILES string of the molecule is CCNC(=O)NC12CC3CCCC(NC(=O)c4cccc(C)n4)(C1)C(C3)C2. The van der Waals surface area contributed by atoms with Crippen molar-refractivity contribution in [2.24, 2.45) is 11.8 Å². The molecule has 3 aliphatic rings. The van der Waals surface area contributed by atoms with Gasteiger partial charge < -0.3 is 16.0 Å². The monoisotopic (exact) mass is 370 g/mol. The van der Waals surface area contributed by atoms with Crippen molar-refractivity contribution >= 4 is 11.9 Å². The van der Waals surface area contributed by atoms with E-state index in [0.29, 0.717) is 24.1 Å². The molecule has 1 aromatic heterocycles. The van der Waals surface area contributed by atoms with Gasteiger partial charge in [0.2, 0.25) is 0 Å². The topological polar surface area (TPSA) is 83.1 Å². The minimum Gasteiger partial charge on any atom is -0.345 e. The lowest BCUT2D eigenvalue weighted by atomic mass is 9.75. The highest BCUT2D eigenvalue weighted by molar-refractivity contribution is 5.93. The van der Waals surface area contributed by atoms with Crippen LogP contribution in [0, 0.1) is 18.8 Å². The van der Waals surface area contributed by atoms with Crippen LogP contribution in [0.5, 0.6) is 0 Å². The van der Waals surface area contributed by atoms with Gasteiger partial charge in [0.1, 0.15) is 5.69 Å². The molecule has 3 saturated carbocycles. The summed E-state index contributed by atoms with van der Waals surface area (Å²) in [6, 6.07) is 5.48. The maximum atomic E-state index is 13.0. The number of carbonyl (C=O) groups is 2. The molecule has 0 saturated heterocycles. The minimum atomic E-state index is -0.229. The molecule has 3 fully saturated rings. The molecule has 1 heterocycles. The summed E-state index contributed by atoms with van der Waals surface area (Å²) in [6.45, 7) is 4.45. The van der Waals surface area contributed by atoms with Gasteiger partial charge in [-0.05, 0) is 69.9 Å². The van der Waals surface area contributed by atoms with Crippen LogP contribution >= 0.6 is 0 Å². The van der Waals surface area contributed by atoms with E-state index in [-0.39, 0.29) is 23.0 Å². The summed E-state index contributed by atoms with van der Waals surface area (Å²) in [7, 11) is 0. The molecule has 0 aliphatic heterocycles. The number of fused-ring (bicyclic) bond motifs is 2. The van der Waals surface area contributed by atoms with Crippen molar-refractivity contribution in [1.82, 2.24) is 20.9 Å². The highest BCUT2D eigenvalue weighted by Gasteiger charge is 2.60. The van der Waals surface area contributed by atoms with E-state index < -0.39 is 0 Å². The first-order chi connectivity index (χ1) is 12.9. The third-order valence-electron chi connectivity index (χ3n) is 6.80. The molecule has 3 aliphatic carbocycles. The third-order valence-corrected chi connectivity index (χ3v) is 6.80. The number of hydrogen-bond donors (Lipinski definition) is 3. The van der Waals surface area contributed by atoms with Gasteiger partial charge in [-0.1, -0.05) is 18.9 Å². The van der Waals surface area contributed by atoms with Crippen LogP contribution in [0.2, 0.25) is 0 Å². The number of aromatic nitrogens is 1. The number of pyridine rings is 1. The van der Waals surface area contributed by atoms with Crippen molar-refractivity contribution in [1.29, 1.82) is 0 Å². The summed E-state index contributed by atoms with van der Waals surface area (Å²) >= 11 is 0. The summed E-state index contributed by atoms with van der Waals surface area (Å²) in [4.78, 5) is 29.7. The number of carbonyl (C=O) groups excluding carboxylic acids is 2. The Morgan fingerprint density at radius 2 is 2.11 bits per heavy atom. The van der Waals surface area contributed by atoms with Crippen LogP contribution in [-0.4, -0.2) is 34.5 Å². The highest BCUT2D eigenvalue weighted by Crippen LogP contribution is 2.57. The number of nitrogens with one attached hydrogen (secondary N) is 3. The highest BCUT2D eigenvalue weighted by atomic mass is 16.2. The maximum absolute atomic E-state index is 13.0. The number of nitrogens with zero attached hydrogens (tertiary/aromatic N) is 1. The van der Waals surface area contributed by atoms with E-state index in [1.54, 1.807) is 6.07 Å². The molecular formula is C21H30N4O2. The summed E-state index contributed by atoms with van der Waals surface area (Å²) in [5.74, 6) is 0.983. The number of hydrogen-bond acceptors (Lipinski definition) is 3. The second-order valence-corrected chi connectivity index (χ2v) is 8.82. The van der Waals surface area contributed by atoms with E-state index in [1.807, 2.05) is 26.0 Å². The molecule has 6 nitrogen and oxygen atoms in total. The fourth-order valence-corrected chi connectivity index (χ4v) is 5.97. The van der Waals surface area contributed by atoms with Crippen molar-refractivity contribution in [3.05, 3.63) is 29.6 Å². The van der Waals surface area contributed by atoms with Crippen LogP contribution in [0.4, 0.5) is 4.79 Å². The van der Waals surface area contributed by atoms with E-state index in [0.717, 1.165) is 44.2 Å². The maximum Gasteiger partial charge on any atom is 0.315 e. The van der Waals surface area contributed by atoms with E-state index >= 15 is 0 Å². The third kappa shape index (κ3) is 3.42. The lowest BCUT2D eigenvalue weighted by Crippen LogP contribution is -2.55. The first-order valence-electron chi connectivity index (χ1n) is 10.3. The largest absolute Gasteiger partial charge is 0.345 e. The second-order valence-electron chi connectivity index (χ2n) is 8.82. The molecule has 0 radical (unpaired) electrons. The Hall–Kier alpha value is -2.11. The van der Waals surface area contributed by atoms with Gasteiger partial charge in [0, 0.05) is 23.3 Å². The van der Waals surface area contributed by atoms with Gasteiger partial charge in [-0.2, -0.15) is 0 Å². The molecule has 6 heteroatoms. The normalized spacial score (nSPS) is 34.0. The molecular weight excluding hydrogens is 340 g/mol. The molecule has 3 N–H and O–H groups in total. The summed E-state index contributed by atoms with van der Waals surface area (Å²) < 4.78 is 0. The van der Waals surface area contributed by atoms with E-state index in [9.17, 15) is 9.59 Å². The summed E-state index contributed by atoms with van der Waals surface area (Å²) in [5, 5.41) is 9.55. The van der Waals surface area contributed by atoms with Crippen LogP contribution in [0.25, 0.3) is 0 Å². The number of amides is 3. The summed E-state index contributed by atoms with van der Waals surface area (Å²) in [5.41, 5.74) is 0.909. The zero-order chi connectivity index (χ0) is 19.1. The first-order valence-corrected chi connectivity index (χ1v) is 10.3. The molecule has 4 unspecified atom stereocenters. The standard InChI is InChI=1S/C21H30N4O2/c1-3-22-19(27)25-20-11-15-7-5-9-21(13-20,16(10-15)12-20)24-18(26)17-8-4-6-14(2)23-17/h4,6,8,15-16H,3,5,7,9-13H2,1-2H3,(H,24,26)(H2,22,25,27). The molecule has 0 spiro atoms. The minimum absolute atomic E-state index is 0.0834. The zero-order valence-electron chi connectivity index (χ0n) is 16.3. The Morgan fingerprint density at radius 3 is 2.89 bits per heavy atom. The van der Waals surface area contributed by atoms with Crippen LogP contribution < -0.4 is 16.0 Å². The van der Waals surface area contributed by atoms with Gasteiger partial charge in [0.05, 0.1) is 0 Å².